The number of carbonyl (C=O) groups excluding carboxylic acids is 1. The molecule has 0 aromatic heterocycles. The number of carbonyl (C=O) groups is 1. The normalized spacial score (nSPS) is 10.8. The number of hydrogen-bond acceptors (Lipinski definition) is 2. The Balaban J connectivity index is 1.54. The lowest BCUT2D eigenvalue weighted by Crippen LogP contribution is -2.09. The fourth-order valence-corrected chi connectivity index (χ4v) is 2.80. The molecule has 0 saturated carbocycles. The number of aryl methyl sites for hydroxylation is 1. The number of amides is 1. The van der Waals surface area contributed by atoms with E-state index in [4.69, 9.17) is 4.74 Å². The fourth-order valence-electron chi connectivity index (χ4n) is 2.46. The SMILES string of the molecule is Cc1ccc(COc2ccc(/C=C/C(=O)Nc3ccc(Br)cc3F)cc2)cc1. The van der Waals surface area contributed by atoms with E-state index < -0.39 is 11.7 Å². The predicted molar refractivity (Wildman–Crippen MR) is 114 cm³/mol. The van der Waals surface area contributed by atoms with E-state index in [0.29, 0.717) is 11.1 Å². The Morgan fingerprint density at radius 2 is 1.79 bits per heavy atom. The van der Waals surface area contributed by atoms with Crippen molar-refractivity contribution < 1.29 is 13.9 Å². The summed E-state index contributed by atoms with van der Waals surface area (Å²) in [7, 11) is 0. The standard InChI is InChI=1S/C23H19BrFNO2/c1-16-2-4-18(5-3-16)15-28-20-10-6-17(7-11-20)8-13-23(27)26-22-12-9-19(24)14-21(22)25/h2-14H,15H2,1H3,(H,26,27)/b13-8+. The van der Waals surface area contributed by atoms with Crippen LogP contribution in [0.15, 0.2) is 77.3 Å². The second-order valence-electron chi connectivity index (χ2n) is 6.29. The van der Waals surface area contributed by atoms with Gasteiger partial charge >= 0.3 is 0 Å². The number of ether oxygens (including phenoxy) is 1. The Kier molecular flexibility index (Phi) is 6.61. The first-order chi connectivity index (χ1) is 13.5. The molecule has 3 nitrogen and oxygen atoms in total. The van der Waals surface area contributed by atoms with Crippen LogP contribution in [0.25, 0.3) is 6.08 Å². The zero-order valence-corrected chi connectivity index (χ0v) is 16.9. The van der Waals surface area contributed by atoms with Crippen LogP contribution in [0, 0.1) is 12.7 Å². The average molecular weight is 440 g/mol. The molecule has 0 spiro atoms. The highest BCUT2D eigenvalue weighted by molar-refractivity contribution is 9.10. The molecule has 1 amide bonds. The van der Waals surface area contributed by atoms with E-state index in [1.165, 1.54) is 23.8 Å². The Bertz CT molecular complexity index is 982. The highest BCUT2D eigenvalue weighted by Crippen LogP contribution is 2.19. The minimum atomic E-state index is -0.494. The molecule has 0 fully saturated rings. The Morgan fingerprint density at radius 1 is 1.07 bits per heavy atom. The van der Waals surface area contributed by atoms with Crippen LogP contribution in [-0.2, 0) is 11.4 Å². The van der Waals surface area contributed by atoms with Crippen molar-refractivity contribution in [3.8, 4) is 5.75 Å². The van der Waals surface area contributed by atoms with Crippen molar-refractivity contribution in [2.24, 2.45) is 0 Å². The molecule has 5 heteroatoms. The first kappa shape index (κ1) is 19.8. The van der Waals surface area contributed by atoms with Gasteiger partial charge in [0.1, 0.15) is 18.2 Å². The molecule has 0 aliphatic heterocycles. The summed E-state index contributed by atoms with van der Waals surface area (Å²) in [4.78, 5) is 12.0. The molecule has 3 rings (SSSR count). The van der Waals surface area contributed by atoms with E-state index in [1.54, 1.807) is 12.1 Å². The number of anilines is 1. The maximum Gasteiger partial charge on any atom is 0.248 e. The monoisotopic (exact) mass is 439 g/mol. The van der Waals surface area contributed by atoms with Crippen LogP contribution in [0.3, 0.4) is 0 Å². The van der Waals surface area contributed by atoms with E-state index in [0.717, 1.165) is 16.9 Å². The van der Waals surface area contributed by atoms with Gasteiger partial charge in [0, 0.05) is 10.5 Å². The molecule has 0 unspecified atom stereocenters. The summed E-state index contributed by atoms with van der Waals surface area (Å²) in [5.74, 6) is -0.147. The second kappa shape index (κ2) is 9.33. The van der Waals surface area contributed by atoms with Crippen LogP contribution >= 0.6 is 15.9 Å². The second-order valence-corrected chi connectivity index (χ2v) is 7.21. The van der Waals surface area contributed by atoms with Gasteiger partial charge < -0.3 is 10.1 Å². The van der Waals surface area contributed by atoms with Crippen LogP contribution in [0.1, 0.15) is 16.7 Å². The van der Waals surface area contributed by atoms with Crippen LogP contribution in [0.5, 0.6) is 5.75 Å². The molecule has 0 atom stereocenters. The van der Waals surface area contributed by atoms with Crippen molar-refractivity contribution in [3.05, 3.63) is 99.8 Å². The predicted octanol–water partition coefficient (Wildman–Crippen LogP) is 6.13. The van der Waals surface area contributed by atoms with Crippen LogP contribution in [-0.4, -0.2) is 5.91 Å². The number of hydrogen-bond donors (Lipinski definition) is 1. The Labute approximate surface area is 172 Å². The summed E-state index contributed by atoms with van der Waals surface area (Å²) in [5, 5.41) is 2.52. The van der Waals surface area contributed by atoms with Crippen molar-refractivity contribution in [3.63, 3.8) is 0 Å². The number of nitrogens with one attached hydrogen (secondary N) is 1. The summed E-state index contributed by atoms with van der Waals surface area (Å²) < 4.78 is 20.1. The molecule has 3 aromatic carbocycles. The van der Waals surface area contributed by atoms with Gasteiger partial charge in [0.2, 0.25) is 5.91 Å². The molecule has 0 bridgehead atoms. The van der Waals surface area contributed by atoms with E-state index in [1.807, 2.05) is 43.3 Å². The van der Waals surface area contributed by atoms with E-state index in [9.17, 15) is 9.18 Å². The quantitative estimate of drug-likeness (QED) is 0.469. The average Bonchev–Trinajstić information content (AvgIpc) is 2.69. The smallest absolute Gasteiger partial charge is 0.248 e. The summed E-state index contributed by atoms with van der Waals surface area (Å²) in [6.45, 7) is 2.54. The van der Waals surface area contributed by atoms with E-state index in [2.05, 4.69) is 33.4 Å². The third-order valence-corrected chi connectivity index (χ3v) is 4.52. The minimum absolute atomic E-state index is 0.137. The Hall–Kier alpha value is -2.92. The zero-order chi connectivity index (χ0) is 19.9. The maximum absolute atomic E-state index is 13.8. The summed E-state index contributed by atoms with van der Waals surface area (Å²) in [6, 6.07) is 20.1. The lowest BCUT2D eigenvalue weighted by atomic mass is 10.1. The van der Waals surface area contributed by atoms with Gasteiger partial charge in [-0.2, -0.15) is 0 Å². The van der Waals surface area contributed by atoms with Gasteiger partial charge in [-0.25, -0.2) is 4.39 Å². The van der Waals surface area contributed by atoms with Gasteiger partial charge in [-0.1, -0.05) is 57.9 Å². The first-order valence-electron chi connectivity index (χ1n) is 8.72. The molecule has 142 valence electrons. The van der Waals surface area contributed by atoms with Crippen molar-refractivity contribution in [2.75, 3.05) is 5.32 Å². The van der Waals surface area contributed by atoms with Gasteiger partial charge in [-0.05, 0) is 54.5 Å². The molecule has 3 aromatic rings. The highest BCUT2D eigenvalue weighted by Gasteiger charge is 2.05. The van der Waals surface area contributed by atoms with Gasteiger partial charge in [0.15, 0.2) is 0 Å². The molecule has 0 heterocycles. The van der Waals surface area contributed by atoms with Crippen molar-refractivity contribution >= 4 is 33.6 Å². The number of benzene rings is 3. The van der Waals surface area contributed by atoms with Crippen LogP contribution in [0.4, 0.5) is 10.1 Å². The zero-order valence-electron chi connectivity index (χ0n) is 15.3. The molecular weight excluding hydrogens is 421 g/mol. The lowest BCUT2D eigenvalue weighted by molar-refractivity contribution is -0.111. The Morgan fingerprint density at radius 3 is 2.46 bits per heavy atom. The minimum Gasteiger partial charge on any atom is -0.489 e. The van der Waals surface area contributed by atoms with Crippen molar-refractivity contribution in [1.82, 2.24) is 0 Å². The number of rotatable bonds is 6. The van der Waals surface area contributed by atoms with E-state index >= 15 is 0 Å². The summed E-state index contributed by atoms with van der Waals surface area (Å²) in [5.41, 5.74) is 3.30. The largest absolute Gasteiger partial charge is 0.489 e. The molecule has 0 aliphatic rings. The lowest BCUT2D eigenvalue weighted by Gasteiger charge is -2.07. The van der Waals surface area contributed by atoms with E-state index in [-0.39, 0.29) is 5.69 Å². The number of halogens is 2. The molecule has 28 heavy (non-hydrogen) atoms. The van der Waals surface area contributed by atoms with Gasteiger partial charge in [0.25, 0.3) is 0 Å². The van der Waals surface area contributed by atoms with Crippen LogP contribution in [0.2, 0.25) is 0 Å². The first-order valence-corrected chi connectivity index (χ1v) is 9.51. The third kappa shape index (κ3) is 5.79. The van der Waals surface area contributed by atoms with Crippen molar-refractivity contribution in [2.45, 2.75) is 13.5 Å². The molecule has 0 saturated heterocycles. The topological polar surface area (TPSA) is 38.3 Å². The van der Waals surface area contributed by atoms with Crippen LogP contribution < -0.4 is 10.1 Å². The van der Waals surface area contributed by atoms with Gasteiger partial charge in [-0.15, -0.1) is 0 Å². The van der Waals surface area contributed by atoms with Gasteiger partial charge in [0.05, 0.1) is 5.69 Å². The summed E-state index contributed by atoms with van der Waals surface area (Å²) >= 11 is 3.18. The van der Waals surface area contributed by atoms with Gasteiger partial charge in [-0.3, -0.25) is 4.79 Å². The van der Waals surface area contributed by atoms with Crippen molar-refractivity contribution in [1.29, 1.82) is 0 Å². The third-order valence-electron chi connectivity index (χ3n) is 4.02. The maximum atomic E-state index is 13.8. The molecule has 1 N–H and O–H groups in total. The molecule has 0 aliphatic carbocycles. The molecular formula is C23H19BrFNO2. The molecule has 0 radical (unpaired) electrons. The fraction of sp³-hybridized carbons (Fsp3) is 0.0870. The summed E-state index contributed by atoms with van der Waals surface area (Å²) in [6.07, 6.45) is 3.03. The highest BCUT2D eigenvalue weighted by atomic mass is 79.9.